The molecule has 0 aromatic rings. The zero-order valence-electron chi connectivity index (χ0n) is 15.8. The summed E-state index contributed by atoms with van der Waals surface area (Å²) >= 11 is 0. The highest BCUT2D eigenvalue weighted by molar-refractivity contribution is 5.95. The van der Waals surface area contributed by atoms with Gasteiger partial charge < -0.3 is 18.9 Å². The lowest BCUT2D eigenvalue weighted by Crippen LogP contribution is -2.39. The molecule has 0 bridgehead atoms. The monoisotopic (exact) mass is 344 g/mol. The van der Waals surface area contributed by atoms with E-state index in [-0.39, 0.29) is 18.1 Å². The molecule has 1 unspecified atom stereocenters. The Bertz CT molecular complexity index is 396. The van der Waals surface area contributed by atoms with Gasteiger partial charge in [-0.25, -0.2) is 0 Å². The Morgan fingerprint density at radius 2 is 1.54 bits per heavy atom. The summed E-state index contributed by atoms with van der Waals surface area (Å²) in [7, 11) is 2.58. The molecule has 0 amide bonds. The van der Waals surface area contributed by atoms with Crippen LogP contribution in [0.4, 0.5) is 0 Å². The third-order valence-electron chi connectivity index (χ3n) is 4.72. The molecule has 0 spiro atoms. The average Bonchev–Trinajstić information content (AvgIpc) is 2.79. The van der Waals surface area contributed by atoms with Gasteiger partial charge in [0.05, 0.1) is 26.4 Å². The lowest BCUT2D eigenvalue weighted by Gasteiger charge is -2.31. The molecule has 1 fully saturated rings. The minimum absolute atomic E-state index is 0.0269. The van der Waals surface area contributed by atoms with Crippen molar-refractivity contribution >= 4 is 11.9 Å². The first-order valence-electron chi connectivity index (χ1n) is 8.79. The van der Waals surface area contributed by atoms with E-state index in [0.29, 0.717) is 12.8 Å². The van der Waals surface area contributed by atoms with Gasteiger partial charge in [0.15, 0.2) is 11.7 Å². The second-order valence-corrected chi connectivity index (χ2v) is 6.76. The number of rotatable bonds is 9. The summed E-state index contributed by atoms with van der Waals surface area (Å²) in [6, 6.07) is 0. The van der Waals surface area contributed by atoms with E-state index in [1.165, 1.54) is 14.2 Å². The second kappa shape index (κ2) is 9.37. The third kappa shape index (κ3) is 5.45. The van der Waals surface area contributed by atoms with Crippen molar-refractivity contribution in [2.24, 2.45) is 11.8 Å². The van der Waals surface area contributed by atoms with Crippen molar-refractivity contribution in [3.63, 3.8) is 0 Å². The molecule has 0 aromatic heterocycles. The normalized spacial score (nSPS) is 24.0. The highest BCUT2D eigenvalue weighted by atomic mass is 16.8. The van der Waals surface area contributed by atoms with E-state index in [4.69, 9.17) is 18.9 Å². The highest BCUT2D eigenvalue weighted by Gasteiger charge is 2.46. The lowest BCUT2D eigenvalue weighted by atomic mass is 9.82. The zero-order chi connectivity index (χ0) is 18.3. The van der Waals surface area contributed by atoms with E-state index in [1.807, 2.05) is 20.8 Å². The number of hydrogen-bond acceptors (Lipinski definition) is 6. The number of carbonyl (C=O) groups excluding carboxylic acids is 2. The van der Waals surface area contributed by atoms with Gasteiger partial charge in [0.1, 0.15) is 0 Å². The standard InChI is InChI=1S/C18H32O6/c1-7-8-9-10-14(15(16(19)21-5)17(20)22-6)11-18(4)23-12(2)13(3)24-18/h12-15H,7-11H2,1-6H3/t12-,13-,14?/m1/s1. The quantitative estimate of drug-likeness (QED) is 0.364. The number of esters is 2. The first-order valence-corrected chi connectivity index (χ1v) is 8.79. The Balaban J connectivity index is 2.96. The number of hydrogen-bond donors (Lipinski definition) is 0. The molecule has 0 aliphatic carbocycles. The number of methoxy groups -OCH3 is 2. The summed E-state index contributed by atoms with van der Waals surface area (Å²) < 4.78 is 21.6. The smallest absolute Gasteiger partial charge is 0.320 e. The van der Waals surface area contributed by atoms with Crippen LogP contribution in [0.2, 0.25) is 0 Å². The van der Waals surface area contributed by atoms with E-state index in [2.05, 4.69) is 6.92 Å². The second-order valence-electron chi connectivity index (χ2n) is 6.76. The van der Waals surface area contributed by atoms with Crippen LogP contribution in [0.5, 0.6) is 0 Å². The predicted molar refractivity (Wildman–Crippen MR) is 89.3 cm³/mol. The molecule has 1 aliphatic rings. The molecule has 0 saturated carbocycles. The van der Waals surface area contributed by atoms with Crippen LogP contribution >= 0.6 is 0 Å². The van der Waals surface area contributed by atoms with Gasteiger partial charge in [0, 0.05) is 6.42 Å². The van der Waals surface area contributed by atoms with Gasteiger partial charge in [0.25, 0.3) is 0 Å². The Morgan fingerprint density at radius 1 is 1.04 bits per heavy atom. The largest absolute Gasteiger partial charge is 0.468 e. The van der Waals surface area contributed by atoms with E-state index in [0.717, 1.165) is 19.3 Å². The molecule has 1 aliphatic heterocycles. The summed E-state index contributed by atoms with van der Waals surface area (Å²) in [5.41, 5.74) is 0. The zero-order valence-corrected chi connectivity index (χ0v) is 15.8. The molecule has 1 saturated heterocycles. The first-order chi connectivity index (χ1) is 11.3. The Hall–Kier alpha value is -1.14. The summed E-state index contributed by atoms with van der Waals surface area (Å²) in [5, 5.41) is 0. The maximum absolute atomic E-state index is 12.2. The van der Waals surface area contributed by atoms with Crippen molar-refractivity contribution < 1.29 is 28.5 Å². The summed E-state index contributed by atoms with van der Waals surface area (Å²) in [4.78, 5) is 24.4. The fourth-order valence-electron chi connectivity index (χ4n) is 3.36. The van der Waals surface area contributed by atoms with Crippen molar-refractivity contribution in [1.82, 2.24) is 0 Å². The predicted octanol–water partition coefficient (Wildman–Crippen LogP) is 3.08. The van der Waals surface area contributed by atoms with Gasteiger partial charge in [-0.05, 0) is 33.1 Å². The minimum atomic E-state index is -0.952. The molecule has 1 rings (SSSR count). The molecule has 140 valence electrons. The van der Waals surface area contributed by atoms with Crippen LogP contribution < -0.4 is 0 Å². The molecule has 3 atom stereocenters. The summed E-state index contributed by atoms with van der Waals surface area (Å²) in [6.07, 6.45) is 4.13. The fraction of sp³-hybridized carbons (Fsp3) is 0.889. The first kappa shape index (κ1) is 20.9. The van der Waals surface area contributed by atoms with Crippen LogP contribution in [0.1, 0.15) is 59.8 Å². The van der Waals surface area contributed by atoms with Crippen LogP contribution in [0.3, 0.4) is 0 Å². The van der Waals surface area contributed by atoms with Crippen LogP contribution in [0, 0.1) is 11.8 Å². The molecule has 1 heterocycles. The van der Waals surface area contributed by atoms with Gasteiger partial charge >= 0.3 is 11.9 Å². The van der Waals surface area contributed by atoms with Gasteiger partial charge in [-0.15, -0.1) is 0 Å². The molecule has 0 aromatic carbocycles. The van der Waals surface area contributed by atoms with Crippen molar-refractivity contribution in [2.45, 2.75) is 77.8 Å². The van der Waals surface area contributed by atoms with Gasteiger partial charge in [0.2, 0.25) is 0 Å². The summed E-state index contributed by atoms with van der Waals surface area (Å²) in [6.45, 7) is 7.90. The van der Waals surface area contributed by atoms with Gasteiger partial charge in [-0.1, -0.05) is 26.2 Å². The van der Waals surface area contributed by atoms with Gasteiger partial charge in [-0.3, -0.25) is 9.59 Å². The minimum Gasteiger partial charge on any atom is -0.468 e. The maximum Gasteiger partial charge on any atom is 0.320 e. The number of ether oxygens (including phenoxy) is 4. The van der Waals surface area contributed by atoms with Crippen molar-refractivity contribution in [2.75, 3.05) is 14.2 Å². The summed E-state index contributed by atoms with van der Waals surface area (Å²) in [5.74, 6) is -3.14. The molecule has 0 radical (unpaired) electrons. The van der Waals surface area contributed by atoms with E-state index in [9.17, 15) is 9.59 Å². The van der Waals surface area contributed by atoms with Gasteiger partial charge in [-0.2, -0.15) is 0 Å². The Labute approximate surface area is 145 Å². The molecule has 6 heteroatoms. The van der Waals surface area contributed by atoms with E-state index in [1.54, 1.807) is 0 Å². The Morgan fingerprint density at radius 3 is 1.96 bits per heavy atom. The highest BCUT2D eigenvalue weighted by Crippen LogP contribution is 2.38. The molecular weight excluding hydrogens is 312 g/mol. The van der Waals surface area contributed by atoms with Crippen LogP contribution in [-0.4, -0.2) is 44.2 Å². The molecule has 6 nitrogen and oxygen atoms in total. The third-order valence-corrected chi connectivity index (χ3v) is 4.72. The van der Waals surface area contributed by atoms with Crippen molar-refractivity contribution in [3.8, 4) is 0 Å². The molecule has 0 N–H and O–H groups in total. The van der Waals surface area contributed by atoms with Crippen LogP contribution in [0.15, 0.2) is 0 Å². The van der Waals surface area contributed by atoms with Crippen LogP contribution in [0.25, 0.3) is 0 Å². The Kier molecular flexibility index (Phi) is 8.16. The lowest BCUT2D eigenvalue weighted by molar-refractivity contribution is -0.182. The average molecular weight is 344 g/mol. The topological polar surface area (TPSA) is 71.1 Å². The van der Waals surface area contributed by atoms with E-state index >= 15 is 0 Å². The number of carbonyl (C=O) groups is 2. The fourth-order valence-corrected chi connectivity index (χ4v) is 3.36. The van der Waals surface area contributed by atoms with Crippen molar-refractivity contribution in [3.05, 3.63) is 0 Å². The van der Waals surface area contributed by atoms with E-state index < -0.39 is 23.6 Å². The van der Waals surface area contributed by atoms with Crippen molar-refractivity contribution in [1.29, 1.82) is 0 Å². The number of unbranched alkanes of at least 4 members (excludes halogenated alkanes) is 2. The molecular formula is C18H32O6. The maximum atomic E-state index is 12.2. The van der Waals surface area contributed by atoms with Crippen LogP contribution in [-0.2, 0) is 28.5 Å². The SMILES string of the molecule is CCCCCC(CC1(C)O[C@H](C)[C@@H](C)O1)C(C(=O)OC)C(=O)OC. The molecule has 24 heavy (non-hydrogen) atoms.